The van der Waals surface area contributed by atoms with Crippen LogP contribution in [0.15, 0.2) is 10.7 Å². The summed E-state index contributed by atoms with van der Waals surface area (Å²) < 4.78 is 4.94. The fraction of sp³-hybridized carbons (Fsp3) is 0.625. The highest BCUT2D eigenvalue weighted by Gasteiger charge is 2.29. The molecule has 1 unspecified atom stereocenters. The summed E-state index contributed by atoms with van der Waals surface area (Å²) in [6, 6.07) is -0.498. The first-order valence-electron chi connectivity index (χ1n) is 4.62. The number of hydrogen-bond acceptors (Lipinski definition) is 4. The van der Waals surface area contributed by atoms with Gasteiger partial charge in [0.15, 0.2) is 5.76 Å². The molecule has 1 aromatic heterocycles. The standard InChI is InChI=1S/C8H12N4O2/c9-8(13)12-4-2-1-3-6(12)7-5-10-11-14-7/h5-6H,1-4H2,(H2,9,13). The number of primary amides is 1. The van der Waals surface area contributed by atoms with Crippen molar-refractivity contribution in [3.63, 3.8) is 0 Å². The second kappa shape index (κ2) is 3.65. The number of nitrogens with zero attached hydrogens (tertiary/aromatic N) is 3. The number of carbonyl (C=O) groups excluding carboxylic acids is 1. The molecule has 0 bridgehead atoms. The molecular weight excluding hydrogens is 184 g/mol. The number of carbonyl (C=O) groups is 1. The highest BCUT2D eigenvalue weighted by atomic mass is 16.5. The lowest BCUT2D eigenvalue weighted by Gasteiger charge is -2.32. The Balaban J connectivity index is 2.18. The molecule has 2 heterocycles. The predicted octanol–water partition coefficient (Wildman–Crippen LogP) is 0.675. The van der Waals surface area contributed by atoms with E-state index in [9.17, 15) is 4.79 Å². The van der Waals surface area contributed by atoms with Gasteiger partial charge in [-0.2, -0.15) is 0 Å². The third-order valence-electron chi connectivity index (χ3n) is 2.49. The van der Waals surface area contributed by atoms with E-state index in [1.807, 2.05) is 0 Å². The molecule has 0 aliphatic carbocycles. The van der Waals surface area contributed by atoms with Crippen LogP contribution < -0.4 is 5.73 Å². The van der Waals surface area contributed by atoms with Crippen LogP contribution in [0.1, 0.15) is 31.1 Å². The van der Waals surface area contributed by atoms with Gasteiger partial charge in [-0.05, 0) is 19.3 Å². The third-order valence-corrected chi connectivity index (χ3v) is 2.49. The summed E-state index contributed by atoms with van der Waals surface area (Å²) in [5.74, 6) is 0.614. The van der Waals surface area contributed by atoms with Crippen LogP contribution in [-0.4, -0.2) is 27.8 Å². The highest BCUT2D eigenvalue weighted by molar-refractivity contribution is 5.72. The van der Waals surface area contributed by atoms with Crippen molar-refractivity contribution in [1.29, 1.82) is 0 Å². The van der Waals surface area contributed by atoms with Gasteiger partial charge in [0.05, 0.1) is 12.2 Å². The molecular formula is C8H12N4O2. The Morgan fingerprint density at radius 3 is 3.14 bits per heavy atom. The smallest absolute Gasteiger partial charge is 0.315 e. The maximum absolute atomic E-state index is 11.1. The van der Waals surface area contributed by atoms with Crippen molar-refractivity contribution in [3.05, 3.63) is 12.0 Å². The van der Waals surface area contributed by atoms with Crippen molar-refractivity contribution in [2.24, 2.45) is 5.73 Å². The fourth-order valence-corrected chi connectivity index (χ4v) is 1.81. The number of piperidine rings is 1. The minimum Gasteiger partial charge on any atom is -0.351 e. The zero-order chi connectivity index (χ0) is 9.97. The molecule has 2 N–H and O–H groups in total. The molecule has 6 nitrogen and oxygen atoms in total. The van der Waals surface area contributed by atoms with Crippen molar-refractivity contribution in [2.75, 3.05) is 6.54 Å². The number of hydrogen-bond donors (Lipinski definition) is 1. The van der Waals surface area contributed by atoms with Gasteiger partial charge in [-0.15, -0.1) is 5.10 Å². The maximum atomic E-state index is 11.1. The molecule has 2 amide bonds. The van der Waals surface area contributed by atoms with Crippen molar-refractivity contribution in [1.82, 2.24) is 15.3 Å². The van der Waals surface area contributed by atoms with Gasteiger partial charge in [0.25, 0.3) is 0 Å². The molecule has 1 aliphatic rings. The molecule has 0 radical (unpaired) electrons. The van der Waals surface area contributed by atoms with Crippen LogP contribution in [0.3, 0.4) is 0 Å². The van der Waals surface area contributed by atoms with E-state index in [0.29, 0.717) is 12.3 Å². The molecule has 6 heteroatoms. The Morgan fingerprint density at radius 1 is 1.64 bits per heavy atom. The fourth-order valence-electron chi connectivity index (χ4n) is 1.81. The van der Waals surface area contributed by atoms with E-state index in [1.54, 1.807) is 4.90 Å². The normalized spacial score (nSPS) is 22.3. The number of likely N-dealkylation sites (tertiary alicyclic amines) is 1. The number of rotatable bonds is 1. The van der Waals surface area contributed by atoms with Crippen LogP contribution >= 0.6 is 0 Å². The Labute approximate surface area is 81.0 Å². The molecule has 1 atom stereocenters. The minimum absolute atomic E-state index is 0.0868. The van der Waals surface area contributed by atoms with Crippen LogP contribution in [0.5, 0.6) is 0 Å². The van der Waals surface area contributed by atoms with Gasteiger partial charge < -0.3 is 15.2 Å². The molecule has 14 heavy (non-hydrogen) atoms. The van der Waals surface area contributed by atoms with E-state index in [0.717, 1.165) is 19.3 Å². The van der Waals surface area contributed by atoms with Crippen LogP contribution in [0, 0.1) is 0 Å². The first kappa shape index (κ1) is 8.98. The molecule has 1 saturated heterocycles. The first-order chi connectivity index (χ1) is 6.79. The van der Waals surface area contributed by atoms with Crippen molar-refractivity contribution < 1.29 is 9.32 Å². The average Bonchev–Trinajstić information content (AvgIpc) is 2.70. The summed E-state index contributed by atoms with van der Waals surface area (Å²) >= 11 is 0. The largest absolute Gasteiger partial charge is 0.351 e. The molecule has 2 rings (SSSR count). The van der Waals surface area contributed by atoms with Crippen LogP contribution in [0.25, 0.3) is 0 Å². The topological polar surface area (TPSA) is 85.3 Å². The lowest BCUT2D eigenvalue weighted by Crippen LogP contribution is -2.41. The maximum Gasteiger partial charge on any atom is 0.315 e. The summed E-state index contributed by atoms with van der Waals surface area (Å²) in [6.07, 6.45) is 4.45. The van der Waals surface area contributed by atoms with Crippen molar-refractivity contribution in [2.45, 2.75) is 25.3 Å². The van der Waals surface area contributed by atoms with E-state index in [4.69, 9.17) is 10.3 Å². The Bertz CT molecular complexity index is 311. The minimum atomic E-state index is -0.411. The number of aromatic nitrogens is 2. The SMILES string of the molecule is NC(=O)N1CCCCC1c1cnno1. The monoisotopic (exact) mass is 196 g/mol. The van der Waals surface area contributed by atoms with Gasteiger partial charge in [-0.1, -0.05) is 0 Å². The first-order valence-corrected chi connectivity index (χ1v) is 4.62. The summed E-state index contributed by atoms with van der Waals surface area (Å²) in [6.45, 7) is 0.681. The molecule has 0 saturated carbocycles. The van der Waals surface area contributed by atoms with Gasteiger partial charge in [-0.3, -0.25) is 0 Å². The number of amides is 2. The predicted molar refractivity (Wildman–Crippen MR) is 47.2 cm³/mol. The van der Waals surface area contributed by atoms with E-state index >= 15 is 0 Å². The highest BCUT2D eigenvalue weighted by Crippen LogP contribution is 2.29. The van der Waals surface area contributed by atoms with E-state index in [1.165, 1.54) is 6.20 Å². The lowest BCUT2D eigenvalue weighted by molar-refractivity contribution is 0.141. The second-order valence-electron chi connectivity index (χ2n) is 3.36. The Morgan fingerprint density at radius 2 is 2.50 bits per heavy atom. The van der Waals surface area contributed by atoms with Crippen LogP contribution in [0.4, 0.5) is 4.79 Å². The third kappa shape index (κ3) is 1.55. The van der Waals surface area contributed by atoms with Crippen molar-refractivity contribution >= 4 is 6.03 Å². The average molecular weight is 196 g/mol. The number of urea groups is 1. The van der Waals surface area contributed by atoms with Gasteiger partial charge in [-0.25, -0.2) is 4.79 Å². The second-order valence-corrected chi connectivity index (χ2v) is 3.36. The van der Waals surface area contributed by atoms with Gasteiger partial charge in [0.1, 0.15) is 0 Å². The van der Waals surface area contributed by atoms with E-state index in [2.05, 4.69) is 10.4 Å². The molecule has 1 aliphatic heterocycles. The molecule has 0 aromatic carbocycles. The summed E-state index contributed by atoms with van der Waals surface area (Å²) in [5.41, 5.74) is 5.27. The Hall–Kier alpha value is -1.59. The van der Waals surface area contributed by atoms with Gasteiger partial charge >= 0.3 is 6.03 Å². The van der Waals surface area contributed by atoms with E-state index in [-0.39, 0.29) is 6.04 Å². The molecule has 76 valence electrons. The molecule has 0 spiro atoms. The van der Waals surface area contributed by atoms with Gasteiger partial charge in [0, 0.05) is 11.8 Å². The lowest BCUT2D eigenvalue weighted by atomic mass is 10.0. The molecule has 1 fully saturated rings. The summed E-state index contributed by atoms with van der Waals surface area (Å²) in [7, 11) is 0. The quantitative estimate of drug-likeness (QED) is 0.715. The zero-order valence-electron chi connectivity index (χ0n) is 7.72. The molecule has 1 aromatic rings. The van der Waals surface area contributed by atoms with Gasteiger partial charge in [0.2, 0.25) is 0 Å². The van der Waals surface area contributed by atoms with Crippen LogP contribution in [0.2, 0.25) is 0 Å². The summed E-state index contributed by atoms with van der Waals surface area (Å²) in [5, 5.41) is 6.98. The van der Waals surface area contributed by atoms with E-state index < -0.39 is 6.03 Å². The van der Waals surface area contributed by atoms with Crippen molar-refractivity contribution in [3.8, 4) is 0 Å². The summed E-state index contributed by atoms with van der Waals surface area (Å²) in [4.78, 5) is 12.7. The zero-order valence-corrected chi connectivity index (χ0v) is 7.72. The van der Waals surface area contributed by atoms with Crippen LogP contribution in [-0.2, 0) is 0 Å². The Kier molecular flexibility index (Phi) is 2.34. The number of nitrogens with two attached hydrogens (primary N) is 1.